The van der Waals surface area contributed by atoms with E-state index in [1.54, 1.807) is 18.9 Å². The Morgan fingerprint density at radius 1 is 1.58 bits per heavy atom. The first-order valence-corrected chi connectivity index (χ1v) is 7.45. The number of aliphatic carboxylic acids is 1. The third-order valence-electron chi connectivity index (χ3n) is 3.92. The van der Waals surface area contributed by atoms with Crippen LogP contribution in [0.5, 0.6) is 5.75 Å². The molecule has 2 atom stereocenters. The van der Waals surface area contributed by atoms with Gasteiger partial charge in [0.15, 0.2) is 0 Å². The van der Waals surface area contributed by atoms with Crippen molar-refractivity contribution >= 4 is 17.7 Å². The van der Waals surface area contributed by atoms with E-state index < -0.39 is 12.0 Å². The molecule has 1 unspecified atom stereocenters. The van der Waals surface area contributed by atoms with Gasteiger partial charge < -0.3 is 9.84 Å². The number of carboxylic acid groups (broad SMARTS) is 1. The summed E-state index contributed by atoms with van der Waals surface area (Å²) in [6.07, 6.45) is 3.10. The molecule has 0 amide bonds. The molecule has 4 nitrogen and oxygen atoms in total. The topological polar surface area (TPSA) is 58.6 Å². The molecule has 1 saturated heterocycles. The summed E-state index contributed by atoms with van der Waals surface area (Å²) in [5.74, 6) is 0.736. The van der Waals surface area contributed by atoms with Crippen molar-refractivity contribution in [2.45, 2.75) is 30.2 Å². The van der Waals surface area contributed by atoms with Gasteiger partial charge in [-0.1, -0.05) is 6.07 Å². The van der Waals surface area contributed by atoms with Crippen molar-refractivity contribution in [2.75, 3.05) is 12.9 Å². The van der Waals surface area contributed by atoms with Crippen LogP contribution in [0.2, 0.25) is 0 Å². The predicted octanol–water partition coefficient (Wildman–Crippen LogP) is 1.97. The molecule has 1 spiro atoms. The zero-order chi connectivity index (χ0) is 13.5. The Morgan fingerprint density at radius 2 is 2.42 bits per heavy atom. The highest BCUT2D eigenvalue weighted by atomic mass is 32.2. The standard InChI is InChI=1S/C14H17NO3S/c1-18-10-4-5-11-9(7-10)3-2-6-14(11)15-12(8-19-14)13(16)17/h4-5,7,12,15H,2-3,6,8H2,1H3,(H,16,17)/t12-,14?/m1/s1. The average molecular weight is 279 g/mol. The summed E-state index contributed by atoms with van der Waals surface area (Å²) < 4.78 is 5.27. The second kappa shape index (κ2) is 4.72. The van der Waals surface area contributed by atoms with Gasteiger partial charge in [0.05, 0.1) is 12.0 Å². The van der Waals surface area contributed by atoms with Crippen LogP contribution in [-0.4, -0.2) is 30.0 Å². The number of thioether (sulfide) groups is 1. The van der Waals surface area contributed by atoms with E-state index in [1.807, 2.05) is 6.07 Å². The molecular formula is C14H17NO3S. The highest BCUT2D eigenvalue weighted by Crippen LogP contribution is 2.48. The van der Waals surface area contributed by atoms with E-state index in [-0.39, 0.29) is 4.87 Å². The smallest absolute Gasteiger partial charge is 0.321 e. The van der Waals surface area contributed by atoms with Gasteiger partial charge in [-0.25, -0.2) is 0 Å². The van der Waals surface area contributed by atoms with E-state index in [1.165, 1.54) is 11.1 Å². The van der Waals surface area contributed by atoms with Crippen molar-refractivity contribution < 1.29 is 14.6 Å². The molecule has 0 aromatic heterocycles. The Labute approximate surface area is 116 Å². The molecular weight excluding hydrogens is 262 g/mol. The molecule has 0 radical (unpaired) electrons. The van der Waals surface area contributed by atoms with Gasteiger partial charge in [0, 0.05) is 5.75 Å². The first-order chi connectivity index (χ1) is 9.14. The van der Waals surface area contributed by atoms with Gasteiger partial charge >= 0.3 is 5.97 Å². The van der Waals surface area contributed by atoms with Gasteiger partial charge in [0.1, 0.15) is 11.8 Å². The number of benzene rings is 1. The minimum Gasteiger partial charge on any atom is -0.497 e. The van der Waals surface area contributed by atoms with E-state index in [9.17, 15) is 4.79 Å². The number of rotatable bonds is 2. The number of carbonyl (C=O) groups is 1. The van der Waals surface area contributed by atoms with E-state index in [4.69, 9.17) is 9.84 Å². The van der Waals surface area contributed by atoms with Crippen molar-refractivity contribution in [3.05, 3.63) is 29.3 Å². The Balaban J connectivity index is 1.97. The molecule has 1 aliphatic carbocycles. The lowest BCUT2D eigenvalue weighted by molar-refractivity contribution is -0.138. The zero-order valence-electron chi connectivity index (χ0n) is 10.8. The number of fused-ring (bicyclic) bond motifs is 2. The fourth-order valence-electron chi connectivity index (χ4n) is 2.98. The fraction of sp³-hybridized carbons (Fsp3) is 0.500. The zero-order valence-corrected chi connectivity index (χ0v) is 11.6. The predicted molar refractivity (Wildman–Crippen MR) is 74.6 cm³/mol. The minimum atomic E-state index is -0.759. The number of ether oxygens (including phenoxy) is 1. The van der Waals surface area contributed by atoms with Crippen LogP contribution >= 0.6 is 11.8 Å². The molecule has 1 aromatic carbocycles. The monoisotopic (exact) mass is 279 g/mol. The maximum Gasteiger partial charge on any atom is 0.321 e. The number of carboxylic acids is 1. The fourth-order valence-corrected chi connectivity index (χ4v) is 4.53. The summed E-state index contributed by atoms with van der Waals surface area (Å²) in [5.41, 5.74) is 2.50. The molecule has 1 fully saturated rings. The number of hydrogen-bond acceptors (Lipinski definition) is 4. The first-order valence-electron chi connectivity index (χ1n) is 6.46. The van der Waals surface area contributed by atoms with Crippen molar-refractivity contribution in [3.8, 4) is 5.75 Å². The normalized spacial score (nSPS) is 29.2. The molecule has 1 aliphatic heterocycles. The number of hydrogen-bond donors (Lipinski definition) is 2. The third-order valence-corrected chi connectivity index (χ3v) is 5.46. The number of nitrogens with one attached hydrogen (secondary N) is 1. The Hall–Kier alpha value is -1.20. The lowest BCUT2D eigenvalue weighted by Gasteiger charge is -2.35. The van der Waals surface area contributed by atoms with Crippen LogP contribution in [0, 0.1) is 0 Å². The van der Waals surface area contributed by atoms with Gasteiger partial charge in [0.25, 0.3) is 0 Å². The van der Waals surface area contributed by atoms with Gasteiger partial charge in [-0.2, -0.15) is 0 Å². The average Bonchev–Trinajstić information content (AvgIpc) is 2.84. The summed E-state index contributed by atoms with van der Waals surface area (Å²) >= 11 is 1.73. The Bertz CT molecular complexity index is 519. The maximum atomic E-state index is 11.1. The number of aryl methyl sites for hydroxylation is 1. The van der Waals surface area contributed by atoms with Crippen LogP contribution in [0.4, 0.5) is 0 Å². The second-order valence-corrected chi connectivity index (χ2v) is 6.37. The lowest BCUT2D eigenvalue weighted by atomic mass is 9.86. The van der Waals surface area contributed by atoms with E-state index >= 15 is 0 Å². The summed E-state index contributed by atoms with van der Waals surface area (Å²) in [6.45, 7) is 0. The van der Waals surface area contributed by atoms with Crippen molar-refractivity contribution in [2.24, 2.45) is 0 Å². The summed E-state index contributed by atoms with van der Waals surface area (Å²) in [6, 6.07) is 5.67. The van der Waals surface area contributed by atoms with Crippen LogP contribution < -0.4 is 10.1 Å². The van der Waals surface area contributed by atoms with Gasteiger partial charge in [0.2, 0.25) is 0 Å². The van der Waals surface area contributed by atoms with Crippen LogP contribution in [0.15, 0.2) is 18.2 Å². The van der Waals surface area contributed by atoms with Gasteiger partial charge in [-0.05, 0) is 42.5 Å². The highest BCUT2D eigenvalue weighted by Gasteiger charge is 2.45. The quantitative estimate of drug-likeness (QED) is 0.867. The van der Waals surface area contributed by atoms with Crippen LogP contribution in [0.1, 0.15) is 24.0 Å². The molecule has 0 saturated carbocycles. The van der Waals surface area contributed by atoms with Crippen molar-refractivity contribution in [3.63, 3.8) is 0 Å². The van der Waals surface area contributed by atoms with Crippen LogP contribution in [0.25, 0.3) is 0 Å². The molecule has 2 aliphatic rings. The summed E-state index contributed by atoms with van der Waals surface area (Å²) in [5, 5.41) is 12.5. The Morgan fingerprint density at radius 3 is 3.11 bits per heavy atom. The van der Waals surface area contributed by atoms with Gasteiger partial charge in [-0.3, -0.25) is 10.1 Å². The van der Waals surface area contributed by atoms with Crippen LogP contribution in [-0.2, 0) is 16.1 Å². The van der Waals surface area contributed by atoms with E-state index in [0.29, 0.717) is 5.75 Å². The molecule has 1 aromatic rings. The van der Waals surface area contributed by atoms with Crippen LogP contribution in [0.3, 0.4) is 0 Å². The first kappa shape index (κ1) is 12.8. The summed E-state index contributed by atoms with van der Waals surface area (Å²) in [7, 11) is 1.67. The molecule has 19 heavy (non-hydrogen) atoms. The highest BCUT2D eigenvalue weighted by molar-refractivity contribution is 8.00. The SMILES string of the molecule is COc1ccc2c(c1)CCCC21N[C@@H](C(=O)O)CS1. The minimum absolute atomic E-state index is 0.219. The molecule has 5 heteroatoms. The van der Waals surface area contributed by atoms with E-state index in [2.05, 4.69) is 17.4 Å². The second-order valence-electron chi connectivity index (χ2n) is 5.05. The van der Waals surface area contributed by atoms with E-state index in [0.717, 1.165) is 25.0 Å². The number of methoxy groups -OCH3 is 1. The van der Waals surface area contributed by atoms with Gasteiger partial charge in [-0.15, -0.1) is 11.8 Å². The molecule has 102 valence electrons. The molecule has 2 N–H and O–H groups in total. The molecule has 3 rings (SSSR count). The largest absolute Gasteiger partial charge is 0.497 e. The Kier molecular flexibility index (Phi) is 3.19. The summed E-state index contributed by atoms with van der Waals surface area (Å²) in [4.78, 5) is 10.9. The molecule has 0 bridgehead atoms. The molecule has 1 heterocycles. The lowest BCUT2D eigenvalue weighted by Crippen LogP contribution is -2.44. The van der Waals surface area contributed by atoms with Crippen molar-refractivity contribution in [1.82, 2.24) is 5.32 Å². The van der Waals surface area contributed by atoms with Crippen molar-refractivity contribution in [1.29, 1.82) is 0 Å². The third kappa shape index (κ3) is 2.11. The maximum absolute atomic E-state index is 11.1.